The fourth-order valence-corrected chi connectivity index (χ4v) is 1.95. The maximum absolute atomic E-state index is 10.5. The lowest BCUT2D eigenvalue weighted by Crippen LogP contribution is -1.90. The molecule has 0 aliphatic rings. The molecule has 0 saturated carbocycles. The van der Waals surface area contributed by atoms with Gasteiger partial charge < -0.3 is 10.1 Å². The predicted octanol–water partition coefficient (Wildman–Crippen LogP) is 2.53. The Morgan fingerprint density at radius 2 is 2.19 bits per heavy atom. The minimum absolute atomic E-state index is 0.186. The van der Waals surface area contributed by atoms with Crippen LogP contribution in [0.5, 0.6) is 0 Å². The first-order valence-electron chi connectivity index (χ1n) is 4.35. The van der Waals surface area contributed by atoms with Crippen LogP contribution < -0.4 is 0 Å². The predicted molar refractivity (Wildman–Crippen MR) is 59.6 cm³/mol. The van der Waals surface area contributed by atoms with Gasteiger partial charge in [-0.05, 0) is 33.0 Å². The highest BCUT2D eigenvalue weighted by atomic mass is 32.1. The molecule has 0 fully saturated rings. The lowest BCUT2D eigenvalue weighted by Gasteiger charge is -1.94. The Morgan fingerprint density at radius 3 is 2.69 bits per heavy atom. The summed E-state index contributed by atoms with van der Waals surface area (Å²) >= 11 is 1.33. The molecule has 0 aliphatic heterocycles. The van der Waals surface area contributed by atoms with E-state index >= 15 is 0 Å². The van der Waals surface area contributed by atoms with E-state index in [1.807, 2.05) is 5.38 Å². The van der Waals surface area contributed by atoms with Crippen molar-refractivity contribution < 1.29 is 9.72 Å². The van der Waals surface area contributed by atoms with Gasteiger partial charge in [0, 0.05) is 11.6 Å². The number of carbonyl (C=O) groups excluding carboxylic acids is 1. The monoisotopic (exact) mass is 234 g/mol. The second-order valence-corrected chi connectivity index (χ2v) is 3.96. The van der Waals surface area contributed by atoms with Crippen molar-refractivity contribution in [2.45, 2.75) is 0 Å². The van der Waals surface area contributed by atoms with E-state index in [9.17, 15) is 14.9 Å². The van der Waals surface area contributed by atoms with E-state index in [1.54, 1.807) is 12.1 Å². The Morgan fingerprint density at radius 1 is 1.38 bits per heavy atom. The standard InChI is InChI=1S/C10H6N2O3S/c13-5-9-3-8(6-16-9)7-1-2-10(11-4-7)12(14)15/h1-6H. The lowest BCUT2D eigenvalue weighted by molar-refractivity contribution is -0.389. The van der Waals surface area contributed by atoms with Gasteiger partial charge in [-0.2, -0.15) is 0 Å². The van der Waals surface area contributed by atoms with Crippen molar-refractivity contribution >= 4 is 23.4 Å². The third-order valence-electron chi connectivity index (χ3n) is 2.00. The van der Waals surface area contributed by atoms with Gasteiger partial charge >= 0.3 is 5.82 Å². The van der Waals surface area contributed by atoms with Crippen molar-refractivity contribution in [1.29, 1.82) is 0 Å². The maximum atomic E-state index is 10.5. The van der Waals surface area contributed by atoms with E-state index in [0.717, 1.165) is 17.4 Å². The molecule has 80 valence electrons. The van der Waals surface area contributed by atoms with Crippen molar-refractivity contribution in [3.63, 3.8) is 0 Å². The van der Waals surface area contributed by atoms with Crippen LogP contribution in [0, 0.1) is 10.1 Å². The Labute approximate surface area is 94.5 Å². The van der Waals surface area contributed by atoms with Crippen molar-refractivity contribution in [3.8, 4) is 11.1 Å². The SMILES string of the molecule is O=Cc1cc(-c2ccc([N+](=O)[O-])nc2)cs1. The molecule has 0 aliphatic carbocycles. The Balaban J connectivity index is 2.34. The van der Waals surface area contributed by atoms with Crippen molar-refractivity contribution in [2.75, 3.05) is 0 Å². The van der Waals surface area contributed by atoms with Crippen LogP contribution in [0.4, 0.5) is 5.82 Å². The van der Waals surface area contributed by atoms with Gasteiger partial charge in [0.25, 0.3) is 0 Å². The number of hydrogen-bond acceptors (Lipinski definition) is 5. The van der Waals surface area contributed by atoms with Crippen LogP contribution in [0.2, 0.25) is 0 Å². The van der Waals surface area contributed by atoms with Crippen molar-refractivity contribution in [1.82, 2.24) is 4.98 Å². The smallest absolute Gasteiger partial charge is 0.358 e. The minimum Gasteiger partial charge on any atom is -0.358 e. The van der Waals surface area contributed by atoms with Gasteiger partial charge in [0.1, 0.15) is 6.20 Å². The van der Waals surface area contributed by atoms with Gasteiger partial charge in [-0.15, -0.1) is 11.3 Å². The number of aldehydes is 1. The van der Waals surface area contributed by atoms with Gasteiger partial charge in [0.2, 0.25) is 0 Å². The topological polar surface area (TPSA) is 73.1 Å². The highest BCUT2D eigenvalue weighted by Crippen LogP contribution is 2.25. The average Bonchev–Trinajstić information content (AvgIpc) is 2.77. The number of rotatable bonds is 3. The number of hydrogen-bond donors (Lipinski definition) is 0. The molecule has 0 unspecified atom stereocenters. The Bertz CT molecular complexity index is 533. The highest BCUT2D eigenvalue weighted by Gasteiger charge is 2.08. The summed E-state index contributed by atoms with van der Waals surface area (Å²) in [4.78, 5) is 24.7. The van der Waals surface area contributed by atoms with Crippen LogP contribution in [-0.2, 0) is 0 Å². The quantitative estimate of drug-likeness (QED) is 0.464. The molecule has 0 radical (unpaired) electrons. The van der Waals surface area contributed by atoms with Crippen LogP contribution in [0.3, 0.4) is 0 Å². The molecule has 16 heavy (non-hydrogen) atoms. The van der Waals surface area contributed by atoms with Crippen molar-refractivity contribution in [2.24, 2.45) is 0 Å². The first kappa shape index (κ1) is 10.4. The zero-order valence-corrected chi connectivity index (χ0v) is 8.81. The fraction of sp³-hybridized carbons (Fsp3) is 0. The van der Waals surface area contributed by atoms with Crippen LogP contribution in [0.25, 0.3) is 11.1 Å². The lowest BCUT2D eigenvalue weighted by atomic mass is 10.1. The molecule has 0 saturated heterocycles. The van der Waals surface area contributed by atoms with Crippen molar-refractivity contribution in [3.05, 3.63) is 44.8 Å². The van der Waals surface area contributed by atoms with Gasteiger partial charge in [0.15, 0.2) is 6.29 Å². The highest BCUT2D eigenvalue weighted by molar-refractivity contribution is 7.12. The molecule has 2 rings (SSSR count). The van der Waals surface area contributed by atoms with E-state index in [1.165, 1.54) is 23.6 Å². The molecule has 0 bridgehead atoms. The Hall–Kier alpha value is -2.08. The van der Waals surface area contributed by atoms with Crippen LogP contribution in [-0.4, -0.2) is 16.2 Å². The molecule has 0 amide bonds. The average molecular weight is 234 g/mol. The summed E-state index contributed by atoms with van der Waals surface area (Å²) in [5.74, 6) is -0.186. The molecule has 0 spiro atoms. The van der Waals surface area contributed by atoms with E-state index in [4.69, 9.17) is 0 Å². The second-order valence-electron chi connectivity index (χ2n) is 3.02. The molecule has 0 N–H and O–H groups in total. The van der Waals surface area contributed by atoms with Gasteiger partial charge in [-0.3, -0.25) is 4.79 Å². The van der Waals surface area contributed by atoms with E-state index < -0.39 is 4.92 Å². The summed E-state index contributed by atoms with van der Waals surface area (Å²) in [6, 6.07) is 4.68. The van der Waals surface area contributed by atoms with Gasteiger partial charge in [-0.25, -0.2) is 0 Å². The second kappa shape index (κ2) is 4.19. The third kappa shape index (κ3) is 1.96. The number of carbonyl (C=O) groups is 1. The molecular formula is C10H6N2O3S. The zero-order chi connectivity index (χ0) is 11.5. The number of thiophene rings is 1. The molecule has 2 aromatic rings. The molecule has 2 aromatic heterocycles. The Kier molecular flexibility index (Phi) is 2.74. The first-order chi connectivity index (χ1) is 7.70. The maximum Gasteiger partial charge on any atom is 0.363 e. The number of aromatic nitrogens is 1. The first-order valence-corrected chi connectivity index (χ1v) is 5.23. The van der Waals surface area contributed by atoms with Crippen LogP contribution in [0.15, 0.2) is 29.8 Å². The summed E-state index contributed by atoms with van der Waals surface area (Å²) in [6.07, 6.45) is 2.20. The molecular weight excluding hydrogens is 228 g/mol. The minimum atomic E-state index is -0.547. The largest absolute Gasteiger partial charge is 0.363 e. The summed E-state index contributed by atoms with van der Waals surface area (Å²) in [7, 11) is 0. The van der Waals surface area contributed by atoms with Gasteiger partial charge in [0.05, 0.1) is 4.88 Å². The van der Waals surface area contributed by atoms with E-state index in [0.29, 0.717) is 4.88 Å². The number of nitrogens with zero attached hydrogens (tertiary/aromatic N) is 2. The molecule has 5 nitrogen and oxygen atoms in total. The fourth-order valence-electron chi connectivity index (χ4n) is 1.23. The number of pyridine rings is 1. The summed E-state index contributed by atoms with van der Waals surface area (Å²) in [5.41, 5.74) is 1.60. The number of nitro groups is 1. The summed E-state index contributed by atoms with van der Waals surface area (Å²) in [6.45, 7) is 0. The molecule has 0 atom stereocenters. The zero-order valence-electron chi connectivity index (χ0n) is 7.99. The summed E-state index contributed by atoms with van der Waals surface area (Å²) < 4.78 is 0. The van der Waals surface area contributed by atoms with Crippen LogP contribution >= 0.6 is 11.3 Å². The molecule has 6 heteroatoms. The summed E-state index contributed by atoms with van der Waals surface area (Å²) in [5, 5.41) is 12.2. The third-order valence-corrected chi connectivity index (χ3v) is 2.86. The van der Waals surface area contributed by atoms with Crippen LogP contribution in [0.1, 0.15) is 9.67 Å². The normalized spacial score (nSPS) is 10.0. The molecule has 0 aromatic carbocycles. The van der Waals surface area contributed by atoms with Gasteiger partial charge in [-0.1, -0.05) is 0 Å². The van der Waals surface area contributed by atoms with E-state index in [2.05, 4.69) is 4.98 Å². The molecule has 2 heterocycles. The van der Waals surface area contributed by atoms with E-state index in [-0.39, 0.29) is 5.82 Å².